The Balaban J connectivity index is 1.81. The van der Waals surface area contributed by atoms with E-state index in [0.717, 1.165) is 22.0 Å². The van der Waals surface area contributed by atoms with Gasteiger partial charge in [-0.25, -0.2) is 4.79 Å². The van der Waals surface area contributed by atoms with Crippen molar-refractivity contribution in [2.45, 2.75) is 6.92 Å². The van der Waals surface area contributed by atoms with Gasteiger partial charge in [0.2, 0.25) is 0 Å². The van der Waals surface area contributed by atoms with Crippen LogP contribution in [0.5, 0.6) is 5.75 Å². The van der Waals surface area contributed by atoms with E-state index in [1.807, 2.05) is 49.4 Å². The van der Waals surface area contributed by atoms with Crippen LogP contribution in [0.2, 0.25) is 5.02 Å². The van der Waals surface area contributed by atoms with Gasteiger partial charge in [0.25, 0.3) is 0 Å². The highest BCUT2D eigenvalue weighted by atomic mass is 35.5. The number of hydrogen-bond donors (Lipinski definition) is 1. The van der Waals surface area contributed by atoms with Crippen molar-refractivity contribution in [3.05, 3.63) is 71.2 Å². The molecule has 110 valence electrons. The van der Waals surface area contributed by atoms with E-state index in [1.54, 1.807) is 18.2 Å². The first-order valence-corrected chi connectivity index (χ1v) is 7.24. The lowest BCUT2D eigenvalue weighted by atomic mass is 10.1. The highest BCUT2D eigenvalue weighted by Crippen LogP contribution is 2.25. The third kappa shape index (κ3) is 3.05. The molecule has 3 rings (SSSR count). The van der Waals surface area contributed by atoms with Gasteiger partial charge in [-0.05, 0) is 42.1 Å². The maximum absolute atomic E-state index is 12.1. The number of benzene rings is 3. The van der Waals surface area contributed by atoms with E-state index >= 15 is 0 Å². The van der Waals surface area contributed by atoms with Gasteiger partial charge >= 0.3 is 6.09 Å². The van der Waals surface area contributed by atoms with Gasteiger partial charge in [-0.3, -0.25) is 5.32 Å². The van der Waals surface area contributed by atoms with Crippen LogP contribution in [0.1, 0.15) is 5.56 Å². The number of carbonyl (C=O) groups excluding carboxylic acids is 1. The SMILES string of the molecule is Cc1cc(Cl)ccc1OC(=O)Nc1cccc2ccccc12. The van der Waals surface area contributed by atoms with E-state index in [2.05, 4.69) is 5.32 Å². The highest BCUT2D eigenvalue weighted by Gasteiger charge is 2.09. The van der Waals surface area contributed by atoms with Gasteiger partial charge < -0.3 is 4.74 Å². The zero-order chi connectivity index (χ0) is 15.5. The van der Waals surface area contributed by atoms with Crippen molar-refractivity contribution in [2.24, 2.45) is 0 Å². The van der Waals surface area contributed by atoms with Gasteiger partial charge in [0, 0.05) is 10.4 Å². The third-order valence-corrected chi connectivity index (χ3v) is 3.60. The summed E-state index contributed by atoms with van der Waals surface area (Å²) in [5.41, 5.74) is 1.52. The van der Waals surface area contributed by atoms with Crippen molar-refractivity contribution in [3.8, 4) is 5.75 Å². The molecular formula is C18H14ClNO2. The molecule has 0 aliphatic rings. The zero-order valence-corrected chi connectivity index (χ0v) is 12.7. The quantitative estimate of drug-likeness (QED) is 0.687. The minimum atomic E-state index is -0.526. The van der Waals surface area contributed by atoms with Crippen LogP contribution in [0.3, 0.4) is 0 Å². The van der Waals surface area contributed by atoms with E-state index in [0.29, 0.717) is 10.8 Å². The Morgan fingerprint density at radius 2 is 1.82 bits per heavy atom. The van der Waals surface area contributed by atoms with Crippen LogP contribution in [-0.4, -0.2) is 6.09 Å². The smallest absolute Gasteiger partial charge is 0.410 e. The largest absolute Gasteiger partial charge is 0.417 e. The number of carbonyl (C=O) groups is 1. The number of fused-ring (bicyclic) bond motifs is 1. The number of nitrogens with one attached hydrogen (secondary N) is 1. The summed E-state index contributed by atoms with van der Waals surface area (Å²) < 4.78 is 5.34. The number of anilines is 1. The zero-order valence-electron chi connectivity index (χ0n) is 12.0. The lowest BCUT2D eigenvalue weighted by Gasteiger charge is -2.10. The summed E-state index contributed by atoms with van der Waals surface area (Å²) in [7, 11) is 0. The van der Waals surface area contributed by atoms with E-state index in [4.69, 9.17) is 16.3 Å². The molecule has 0 spiro atoms. The molecule has 1 amide bonds. The first kappa shape index (κ1) is 14.4. The van der Waals surface area contributed by atoms with Crippen LogP contribution >= 0.6 is 11.6 Å². The molecule has 0 radical (unpaired) electrons. The monoisotopic (exact) mass is 311 g/mol. The molecule has 0 heterocycles. The van der Waals surface area contributed by atoms with Crippen molar-refractivity contribution >= 4 is 34.2 Å². The number of rotatable bonds is 2. The molecule has 0 saturated carbocycles. The Labute approximate surface area is 133 Å². The molecule has 3 aromatic rings. The summed E-state index contributed by atoms with van der Waals surface area (Å²) in [4.78, 5) is 12.1. The van der Waals surface area contributed by atoms with E-state index < -0.39 is 6.09 Å². The second-order valence-corrected chi connectivity index (χ2v) is 5.39. The fourth-order valence-electron chi connectivity index (χ4n) is 2.30. The average molecular weight is 312 g/mol. The second-order valence-electron chi connectivity index (χ2n) is 4.95. The normalized spacial score (nSPS) is 10.5. The fourth-order valence-corrected chi connectivity index (χ4v) is 2.52. The summed E-state index contributed by atoms with van der Waals surface area (Å²) in [5.74, 6) is 0.488. The summed E-state index contributed by atoms with van der Waals surface area (Å²) >= 11 is 5.89. The summed E-state index contributed by atoms with van der Waals surface area (Å²) in [6.07, 6.45) is -0.526. The molecule has 3 aromatic carbocycles. The van der Waals surface area contributed by atoms with E-state index in [9.17, 15) is 4.79 Å². The van der Waals surface area contributed by atoms with Crippen LogP contribution < -0.4 is 10.1 Å². The highest BCUT2D eigenvalue weighted by molar-refractivity contribution is 6.30. The maximum Gasteiger partial charge on any atom is 0.417 e. The Bertz CT molecular complexity index is 840. The lowest BCUT2D eigenvalue weighted by Crippen LogP contribution is -2.17. The lowest BCUT2D eigenvalue weighted by molar-refractivity contribution is 0.215. The molecule has 0 atom stereocenters. The van der Waals surface area contributed by atoms with Crippen molar-refractivity contribution in [3.63, 3.8) is 0 Å². The topological polar surface area (TPSA) is 38.3 Å². The average Bonchev–Trinajstić information content (AvgIpc) is 2.50. The molecule has 0 saturated heterocycles. The maximum atomic E-state index is 12.1. The third-order valence-electron chi connectivity index (χ3n) is 3.37. The molecule has 0 fully saturated rings. The van der Waals surface area contributed by atoms with Crippen LogP contribution in [0.15, 0.2) is 60.7 Å². The van der Waals surface area contributed by atoms with Crippen molar-refractivity contribution in [2.75, 3.05) is 5.32 Å². The van der Waals surface area contributed by atoms with Crippen LogP contribution in [0.4, 0.5) is 10.5 Å². The number of amides is 1. The first-order valence-electron chi connectivity index (χ1n) is 6.86. The van der Waals surface area contributed by atoms with Gasteiger partial charge in [-0.15, -0.1) is 0 Å². The number of hydrogen-bond acceptors (Lipinski definition) is 2. The number of ether oxygens (including phenoxy) is 1. The van der Waals surface area contributed by atoms with Crippen molar-refractivity contribution in [1.82, 2.24) is 0 Å². The Hall–Kier alpha value is -2.52. The summed E-state index contributed by atoms with van der Waals surface area (Å²) in [6.45, 7) is 1.84. The van der Waals surface area contributed by atoms with Crippen molar-refractivity contribution < 1.29 is 9.53 Å². The van der Waals surface area contributed by atoms with Gasteiger partial charge in [-0.2, -0.15) is 0 Å². The Morgan fingerprint density at radius 1 is 1.05 bits per heavy atom. The van der Waals surface area contributed by atoms with Gasteiger partial charge in [0.1, 0.15) is 5.75 Å². The van der Waals surface area contributed by atoms with Gasteiger partial charge in [-0.1, -0.05) is 48.0 Å². The second kappa shape index (κ2) is 6.08. The Morgan fingerprint density at radius 3 is 2.64 bits per heavy atom. The molecule has 0 bridgehead atoms. The number of aryl methyl sites for hydroxylation is 1. The predicted octanol–water partition coefficient (Wildman–Crippen LogP) is 5.41. The van der Waals surface area contributed by atoms with E-state index in [1.165, 1.54) is 0 Å². The minimum Gasteiger partial charge on any atom is -0.410 e. The molecule has 3 nitrogen and oxygen atoms in total. The molecule has 0 unspecified atom stereocenters. The molecule has 0 aliphatic heterocycles. The molecule has 22 heavy (non-hydrogen) atoms. The van der Waals surface area contributed by atoms with Crippen LogP contribution in [-0.2, 0) is 0 Å². The summed E-state index contributed by atoms with van der Waals surface area (Å²) in [6, 6.07) is 18.7. The molecular weight excluding hydrogens is 298 g/mol. The summed E-state index contributed by atoms with van der Waals surface area (Å²) in [5, 5.41) is 5.42. The first-order chi connectivity index (χ1) is 10.6. The Kier molecular flexibility index (Phi) is 3.98. The van der Waals surface area contributed by atoms with E-state index in [-0.39, 0.29) is 0 Å². The molecule has 4 heteroatoms. The van der Waals surface area contributed by atoms with Crippen LogP contribution in [0.25, 0.3) is 10.8 Å². The van der Waals surface area contributed by atoms with Gasteiger partial charge in [0.15, 0.2) is 0 Å². The van der Waals surface area contributed by atoms with Crippen molar-refractivity contribution in [1.29, 1.82) is 0 Å². The molecule has 0 aliphatic carbocycles. The minimum absolute atomic E-state index is 0.488. The fraction of sp³-hybridized carbons (Fsp3) is 0.0556. The van der Waals surface area contributed by atoms with Gasteiger partial charge in [0.05, 0.1) is 5.69 Å². The number of halogens is 1. The predicted molar refractivity (Wildman–Crippen MR) is 89.8 cm³/mol. The molecule has 0 aromatic heterocycles. The molecule has 1 N–H and O–H groups in total. The van der Waals surface area contributed by atoms with Crippen LogP contribution in [0, 0.1) is 6.92 Å². The standard InChI is InChI=1S/C18H14ClNO2/c1-12-11-14(19)9-10-17(12)22-18(21)20-16-8-4-6-13-5-2-3-7-15(13)16/h2-11H,1H3,(H,20,21).